The first-order chi connectivity index (χ1) is 11.5. The summed E-state index contributed by atoms with van der Waals surface area (Å²) in [5.41, 5.74) is 0.730. The minimum absolute atomic E-state index is 0.120. The summed E-state index contributed by atoms with van der Waals surface area (Å²) in [6.07, 6.45) is 0.742. The third-order valence-electron chi connectivity index (χ3n) is 3.18. The SMILES string of the molecule is CCCOC(=O)c1ccc(NS(=O)(=O)c2ccc(OC)cc2)cc1. The van der Waals surface area contributed by atoms with Crippen LogP contribution in [0.4, 0.5) is 5.69 Å². The fourth-order valence-electron chi connectivity index (χ4n) is 1.92. The predicted octanol–water partition coefficient (Wildman–Crippen LogP) is 3.06. The van der Waals surface area contributed by atoms with Gasteiger partial charge in [0.1, 0.15) is 5.75 Å². The van der Waals surface area contributed by atoms with Crippen molar-refractivity contribution in [3.63, 3.8) is 0 Å². The molecular weight excluding hydrogens is 330 g/mol. The van der Waals surface area contributed by atoms with Crippen molar-refractivity contribution in [3.8, 4) is 5.75 Å². The number of carbonyl (C=O) groups is 1. The number of hydrogen-bond acceptors (Lipinski definition) is 5. The summed E-state index contributed by atoms with van der Waals surface area (Å²) in [4.78, 5) is 11.8. The van der Waals surface area contributed by atoms with Gasteiger partial charge < -0.3 is 9.47 Å². The molecule has 24 heavy (non-hydrogen) atoms. The molecule has 0 unspecified atom stereocenters. The molecule has 0 saturated carbocycles. The van der Waals surface area contributed by atoms with Gasteiger partial charge in [0.05, 0.1) is 24.2 Å². The summed E-state index contributed by atoms with van der Waals surface area (Å²) in [5, 5.41) is 0. The van der Waals surface area contributed by atoms with Gasteiger partial charge in [-0.3, -0.25) is 4.72 Å². The highest BCUT2D eigenvalue weighted by molar-refractivity contribution is 7.92. The topological polar surface area (TPSA) is 81.7 Å². The number of anilines is 1. The van der Waals surface area contributed by atoms with Gasteiger partial charge in [-0.1, -0.05) is 6.92 Å². The highest BCUT2D eigenvalue weighted by Gasteiger charge is 2.15. The van der Waals surface area contributed by atoms with Gasteiger partial charge in [-0.2, -0.15) is 0 Å². The fourth-order valence-corrected chi connectivity index (χ4v) is 2.98. The Morgan fingerprint density at radius 2 is 1.67 bits per heavy atom. The molecule has 0 aromatic heterocycles. The van der Waals surface area contributed by atoms with Crippen molar-refractivity contribution in [2.24, 2.45) is 0 Å². The first-order valence-electron chi connectivity index (χ1n) is 7.40. The second-order valence-electron chi connectivity index (χ2n) is 4.99. The second-order valence-corrected chi connectivity index (χ2v) is 6.68. The third kappa shape index (κ3) is 4.48. The molecule has 0 spiro atoms. The van der Waals surface area contributed by atoms with E-state index >= 15 is 0 Å². The summed E-state index contributed by atoms with van der Waals surface area (Å²) in [7, 11) is -2.20. The van der Waals surface area contributed by atoms with Gasteiger partial charge in [0.15, 0.2) is 0 Å². The molecule has 0 atom stereocenters. The van der Waals surface area contributed by atoms with Crippen LogP contribution in [0.5, 0.6) is 5.75 Å². The molecule has 0 amide bonds. The number of nitrogens with one attached hydrogen (secondary N) is 1. The number of rotatable bonds is 7. The smallest absolute Gasteiger partial charge is 0.338 e. The van der Waals surface area contributed by atoms with Crippen LogP contribution in [0.3, 0.4) is 0 Å². The number of methoxy groups -OCH3 is 1. The van der Waals surface area contributed by atoms with E-state index in [0.717, 1.165) is 6.42 Å². The Morgan fingerprint density at radius 1 is 1.04 bits per heavy atom. The van der Waals surface area contributed by atoms with Crippen LogP contribution in [0.2, 0.25) is 0 Å². The van der Waals surface area contributed by atoms with Gasteiger partial charge >= 0.3 is 5.97 Å². The molecule has 0 saturated heterocycles. The van der Waals surface area contributed by atoms with E-state index < -0.39 is 16.0 Å². The van der Waals surface area contributed by atoms with Crippen molar-refractivity contribution in [2.45, 2.75) is 18.2 Å². The lowest BCUT2D eigenvalue weighted by Crippen LogP contribution is -2.13. The Bertz CT molecular complexity index is 783. The third-order valence-corrected chi connectivity index (χ3v) is 4.58. The summed E-state index contributed by atoms with van der Waals surface area (Å²) >= 11 is 0. The van der Waals surface area contributed by atoms with Crippen LogP contribution < -0.4 is 9.46 Å². The lowest BCUT2D eigenvalue weighted by atomic mass is 10.2. The van der Waals surface area contributed by atoms with Crippen LogP contribution in [-0.4, -0.2) is 28.1 Å². The van der Waals surface area contributed by atoms with Crippen molar-refractivity contribution in [1.29, 1.82) is 0 Å². The molecule has 7 heteroatoms. The van der Waals surface area contributed by atoms with Crippen molar-refractivity contribution >= 4 is 21.7 Å². The number of esters is 1. The van der Waals surface area contributed by atoms with E-state index in [-0.39, 0.29) is 4.90 Å². The van der Waals surface area contributed by atoms with Gasteiger partial charge in [0, 0.05) is 5.69 Å². The standard InChI is InChI=1S/C17H19NO5S/c1-3-12-23-17(19)13-4-6-14(7-5-13)18-24(20,21)16-10-8-15(22-2)9-11-16/h4-11,18H,3,12H2,1-2H3. The molecule has 0 radical (unpaired) electrons. The summed E-state index contributed by atoms with van der Waals surface area (Å²) in [5.74, 6) is 0.144. The lowest BCUT2D eigenvalue weighted by molar-refractivity contribution is 0.0505. The maximum absolute atomic E-state index is 12.3. The Morgan fingerprint density at radius 3 is 2.21 bits per heavy atom. The molecule has 0 aliphatic heterocycles. The molecule has 2 aromatic rings. The largest absolute Gasteiger partial charge is 0.497 e. The Balaban J connectivity index is 2.10. The van der Waals surface area contributed by atoms with E-state index in [4.69, 9.17) is 9.47 Å². The fraction of sp³-hybridized carbons (Fsp3) is 0.235. The highest BCUT2D eigenvalue weighted by atomic mass is 32.2. The van der Waals surface area contributed by atoms with Gasteiger partial charge in [0.25, 0.3) is 10.0 Å². The predicted molar refractivity (Wildman–Crippen MR) is 90.8 cm³/mol. The van der Waals surface area contributed by atoms with E-state index in [0.29, 0.717) is 23.6 Å². The van der Waals surface area contributed by atoms with E-state index in [1.165, 1.54) is 43.5 Å². The Labute approximate surface area is 141 Å². The summed E-state index contributed by atoms with van der Waals surface area (Å²) in [6.45, 7) is 2.26. The summed E-state index contributed by atoms with van der Waals surface area (Å²) < 4.78 is 37.1. The van der Waals surface area contributed by atoms with E-state index in [9.17, 15) is 13.2 Å². The Kier molecular flexibility index (Phi) is 5.81. The average Bonchev–Trinajstić information content (AvgIpc) is 2.60. The molecule has 0 aliphatic rings. The van der Waals surface area contributed by atoms with E-state index in [1.54, 1.807) is 12.1 Å². The minimum Gasteiger partial charge on any atom is -0.497 e. The first kappa shape index (κ1) is 17.8. The van der Waals surface area contributed by atoms with Gasteiger partial charge in [0.2, 0.25) is 0 Å². The van der Waals surface area contributed by atoms with Crippen molar-refractivity contribution in [3.05, 3.63) is 54.1 Å². The zero-order chi connectivity index (χ0) is 17.6. The number of carbonyl (C=O) groups excluding carboxylic acids is 1. The number of hydrogen-bond donors (Lipinski definition) is 1. The molecular formula is C17H19NO5S. The zero-order valence-corrected chi connectivity index (χ0v) is 14.3. The molecule has 0 heterocycles. The number of benzene rings is 2. The van der Waals surface area contributed by atoms with E-state index in [1.807, 2.05) is 6.92 Å². The quantitative estimate of drug-likeness (QED) is 0.777. The number of ether oxygens (including phenoxy) is 2. The van der Waals surface area contributed by atoms with Crippen LogP contribution >= 0.6 is 0 Å². The molecule has 1 N–H and O–H groups in total. The maximum Gasteiger partial charge on any atom is 0.338 e. The van der Waals surface area contributed by atoms with Crippen LogP contribution in [0.25, 0.3) is 0 Å². The molecule has 6 nitrogen and oxygen atoms in total. The van der Waals surface area contributed by atoms with Crippen LogP contribution in [-0.2, 0) is 14.8 Å². The highest BCUT2D eigenvalue weighted by Crippen LogP contribution is 2.19. The molecule has 0 bridgehead atoms. The second kappa shape index (κ2) is 7.83. The molecule has 2 rings (SSSR count). The zero-order valence-electron chi connectivity index (χ0n) is 13.5. The van der Waals surface area contributed by atoms with Crippen molar-refractivity contribution < 1.29 is 22.7 Å². The lowest BCUT2D eigenvalue weighted by Gasteiger charge is -2.09. The maximum atomic E-state index is 12.3. The van der Waals surface area contributed by atoms with Crippen LogP contribution in [0.15, 0.2) is 53.4 Å². The molecule has 128 valence electrons. The minimum atomic E-state index is -3.71. The van der Waals surface area contributed by atoms with E-state index in [2.05, 4.69) is 4.72 Å². The summed E-state index contributed by atoms with van der Waals surface area (Å²) in [6, 6.07) is 12.1. The molecule has 0 fully saturated rings. The molecule has 0 aliphatic carbocycles. The first-order valence-corrected chi connectivity index (χ1v) is 8.88. The van der Waals surface area contributed by atoms with Crippen molar-refractivity contribution in [2.75, 3.05) is 18.4 Å². The van der Waals surface area contributed by atoms with Crippen LogP contribution in [0.1, 0.15) is 23.7 Å². The average molecular weight is 349 g/mol. The Hall–Kier alpha value is -2.54. The van der Waals surface area contributed by atoms with Gasteiger partial charge in [-0.25, -0.2) is 13.2 Å². The van der Waals surface area contributed by atoms with Crippen molar-refractivity contribution in [1.82, 2.24) is 0 Å². The van der Waals surface area contributed by atoms with Crippen LogP contribution in [0, 0.1) is 0 Å². The van der Waals surface area contributed by atoms with Gasteiger partial charge in [-0.15, -0.1) is 0 Å². The van der Waals surface area contributed by atoms with Gasteiger partial charge in [-0.05, 0) is 55.0 Å². The normalized spacial score (nSPS) is 10.9. The monoisotopic (exact) mass is 349 g/mol. The molecule has 2 aromatic carbocycles. The number of sulfonamides is 1.